The van der Waals surface area contributed by atoms with E-state index in [9.17, 15) is 14.4 Å². The minimum Gasteiger partial charge on any atom is -0.468 e. The van der Waals surface area contributed by atoms with Crippen LogP contribution in [-0.2, 0) is 23.9 Å². The smallest absolute Gasteiger partial charge is 0.330 e. The topological polar surface area (TPSA) is 69.7 Å². The first kappa shape index (κ1) is 14.3. The Morgan fingerprint density at radius 3 is 2.44 bits per heavy atom. The molecule has 0 aliphatic heterocycles. The number of methoxy groups -OCH3 is 1. The van der Waals surface area contributed by atoms with Crippen molar-refractivity contribution in [2.45, 2.75) is 19.8 Å². The van der Waals surface area contributed by atoms with Gasteiger partial charge in [-0.3, -0.25) is 9.59 Å². The molecule has 0 saturated carbocycles. The van der Waals surface area contributed by atoms with Crippen molar-refractivity contribution in [3.05, 3.63) is 12.7 Å². The van der Waals surface area contributed by atoms with E-state index in [-0.39, 0.29) is 12.4 Å². The fourth-order valence-corrected chi connectivity index (χ4v) is 1.15. The molecule has 0 rings (SSSR count). The van der Waals surface area contributed by atoms with Crippen LogP contribution < -0.4 is 0 Å². The quantitative estimate of drug-likeness (QED) is 0.280. The van der Waals surface area contributed by atoms with E-state index < -0.39 is 17.9 Å². The molecule has 1 atom stereocenters. The van der Waals surface area contributed by atoms with Gasteiger partial charge in [-0.1, -0.05) is 6.58 Å². The number of hydrogen-bond acceptors (Lipinski definition) is 5. The number of ether oxygens (including phenoxy) is 2. The molecule has 0 aliphatic carbocycles. The molecule has 0 aromatic rings. The van der Waals surface area contributed by atoms with E-state index in [1.54, 1.807) is 0 Å². The minimum absolute atomic E-state index is 0.158. The van der Waals surface area contributed by atoms with Crippen molar-refractivity contribution in [1.29, 1.82) is 0 Å². The summed E-state index contributed by atoms with van der Waals surface area (Å²) in [6.07, 6.45) is 1.80. The van der Waals surface area contributed by atoms with Gasteiger partial charge >= 0.3 is 11.9 Å². The van der Waals surface area contributed by atoms with Crippen molar-refractivity contribution in [2.24, 2.45) is 5.92 Å². The van der Waals surface area contributed by atoms with E-state index >= 15 is 0 Å². The van der Waals surface area contributed by atoms with Crippen molar-refractivity contribution in [3.8, 4) is 0 Å². The maximum atomic E-state index is 11.2. The van der Waals surface area contributed by atoms with Crippen LogP contribution in [0.3, 0.4) is 0 Å². The van der Waals surface area contributed by atoms with Crippen LogP contribution >= 0.6 is 0 Å². The monoisotopic (exact) mass is 228 g/mol. The van der Waals surface area contributed by atoms with Crippen LogP contribution in [0.4, 0.5) is 0 Å². The summed E-state index contributed by atoms with van der Waals surface area (Å²) in [5.74, 6) is -2.09. The number of carbonyl (C=O) groups is 3. The molecular weight excluding hydrogens is 212 g/mol. The van der Waals surface area contributed by atoms with Crippen LogP contribution in [0.5, 0.6) is 0 Å². The lowest BCUT2D eigenvalue weighted by Crippen LogP contribution is -2.23. The predicted molar refractivity (Wildman–Crippen MR) is 56.6 cm³/mol. The zero-order chi connectivity index (χ0) is 12.6. The summed E-state index contributed by atoms with van der Waals surface area (Å²) in [6.45, 7) is 4.73. The number of carbonyl (C=O) groups excluding carboxylic acids is 3. The second kappa shape index (κ2) is 7.62. The number of Topliss-reactive ketones (excluding diaryl/α,β-unsaturated/α-hetero) is 1. The summed E-state index contributed by atoms with van der Waals surface area (Å²) < 4.78 is 9.20. The summed E-state index contributed by atoms with van der Waals surface area (Å²) in [4.78, 5) is 33.0. The molecule has 16 heavy (non-hydrogen) atoms. The van der Waals surface area contributed by atoms with Gasteiger partial charge in [0.1, 0.15) is 11.7 Å². The highest BCUT2D eigenvalue weighted by molar-refractivity contribution is 5.97. The van der Waals surface area contributed by atoms with Crippen molar-refractivity contribution in [2.75, 3.05) is 13.7 Å². The lowest BCUT2D eigenvalue weighted by molar-refractivity contribution is -0.149. The maximum absolute atomic E-state index is 11.2. The van der Waals surface area contributed by atoms with Gasteiger partial charge in [-0.05, 0) is 19.8 Å². The molecule has 0 aromatic heterocycles. The summed E-state index contributed by atoms with van der Waals surface area (Å²) >= 11 is 0. The summed E-state index contributed by atoms with van der Waals surface area (Å²) in [7, 11) is 1.23. The van der Waals surface area contributed by atoms with Gasteiger partial charge in [-0.15, -0.1) is 0 Å². The molecule has 0 saturated heterocycles. The molecule has 5 heteroatoms. The van der Waals surface area contributed by atoms with E-state index in [1.807, 2.05) is 0 Å². The number of esters is 2. The van der Waals surface area contributed by atoms with E-state index in [0.717, 1.165) is 6.08 Å². The third-order valence-electron chi connectivity index (χ3n) is 2.02. The van der Waals surface area contributed by atoms with E-state index in [2.05, 4.69) is 11.3 Å². The Kier molecular flexibility index (Phi) is 6.83. The average molecular weight is 228 g/mol. The molecule has 5 nitrogen and oxygen atoms in total. The largest absolute Gasteiger partial charge is 0.468 e. The first-order chi connectivity index (χ1) is 7.52. The lowest BCUT2D eigenvalue weighted by atomic mass is 10.00. The highest BCUT2D eigenvalue weighted by Gasteiger charge is 2.23. The maximum Gasteiger partial charge on any atom is 0.330 e. The fraction of sp³-hybridized carbons (Fsp3) is 0.545. The third kappa shape index (κ3) is 5.29. The van der Waals surface area contributed by atoms with Gasteiger partial charge in [-0.2, -0.15) is 0 Å². The van der Waals surface area contributed by atoms with Crippen LogP contribution in [0.1, 0.15) is 19.8 Å². The lowest BCUT2D eigenvalue weighted by Gasteiger charge is -2.10. The molecule has 0 radical (unpaired) electrons. The Morgan fingerprint density at radius 1 is 1.38 bits per heavy atom. The summed E-state index contributed by atoms with van der Waals surface area (Å²) in [6, 6.07) is 0. The van der Waals surface area contributed by atoms with Crippen LogP contribution in [0.25, 0.3) is 0 Å². The van der Waals surface area contributed by atoms with Crippen LogP contribution in [-0.4, -0.2) is 31.4 Å². The van der Waals surface area contributed by atoms with Crippen molar-refractivity contribution >= 4 is 17.7 Å². The van der Waals surface area contributed by atoms with Gasteiger partial charge in [-0.25, -0.2) is 4.79 Å². The Hall–Kier alpha value is -1.65. The molecular formula is C11H16O5. The highest BCUT2D eigenvalue weighted by Crippen LogP contribution is 2.10. The van der Waals surface area contributed by atoms with Crippen molar-refractivity contribution in [3.63, 3.8) is 0 Å². The number of ketones is 1. The fourth-order valence-electron chi connectivity index (χ4n) is 1.15. The Morgan fingerprint density at radius 2 is 2.00 bits per heavy atom. The van der Waals surface area contributed by atoms with Crippen molar-refractivity contribution in [1.82, 2.24) is 0 Å². The summed E-state index contributed by atoms with van der Waals surface area (Å²) in [5.41, 5.74) is 0. The summed E-state index contributed by atoms with van der Waals surface area (Å²) in [5, 5.41) is 0. The molecule has 0 heterocycles. The van der Waals surface area contributed by atoms with E-state index in [1.165, 1.54) is 14.0 Å². The number of rotatable bonds is 7. The van der Waals surface area contributed by atoms with E-state index in [4.69, 9.17) is 4.74 Å². The standard InChI is InChI=1S/C11H16O5/c1-4-10(13)16-7-5-6-9(8(2)12)11(14)15-3/h4,9H,1,5-7H2,2-3H3. The molecule has 0 aliphatic rings. The molecule has 0 fully saturated rings. The van der Waals surface area contributed by atoms with Gasteiger partial charge in [0.2, 0.25) is 0 Å². The van der Waals surface area contributed by atoms with Crippen molar-refractivity contribution < 1.29 is 23.9 Å². The molecule has 0 amide bonds. The Balaban J connectivity index is 3.95. The number of hydrogen-bond donors (Lipinski definition) is 0. The second-order valence-corrected chi connectivity index (χ2v) is 3.20. The predicted octanol–water partition coefficient (Wildman–Crippen LogP) is 0.874. The van der Waals surface area contributed by atoms with Gasteiger partial charge in [0.05, 0.1) is 13.7 Å². The Bertz CT molecular complexity index is 282. The van der Waals surface area contributed by atoms with Gasteiger partial charge in [0.25, 0.3) is 0 Å². The minimum atomic E-state index is -0.771. The molecule has 0 spiro atoms. The first-order valence-electron chi connectivity index (χ1n) is 4.90. The van der Waals surface area contributed by atoms with Gasteiger partial charge in [0.15, 0.2) is 0 Å². The highest BCUT2D eigenvalue weighted by atomic mass is 16.5. The zero-order valence-electron chi connectivity index (χ0n) is 9.52. The molecule has 0 aromatic carbocycles. The van der Waals surface area contributed by atoms with Crippen LogP contribution in [0.15, 0.2) is 12.7 Å². The van der Waals surface area contributed by atoms with E-state index in [0.29, 0.717) is 12.8 Å². The SMILES string of the molecule is C=CC(=O)OCCCC(C(C)=O)C(=O)OC. The molecule has 0 bridgehead atoms. The van der Waals surface area contributed by atoms with Gasteiger partial charge < -0.3 is 9.47 Å². The molecule has 90 valence electrons. The first-order valence-corrected chi connectivity index (χ1v) is 4.90. The Labute approximate surface area is 94.4 Å². The van der Waals surface area contributed by atoms with Crippen LogP contribution in [0, 0.1) is 5.92 Å². The average Bonchev–Trinajstić information content (AvgIpc) is 2.27. The molecule has 1 unspecified atom stereocenters. The normalized spacial score (nSPS) is 11.4. The zero-order valence-corrected chi connectivity index (χ0v) is 9.52. The second-order valence-electron chi connectivity index (χ2n) is 3.20. The van der Waals surface area contributed by atoms with Gasteiger partial charge in [0, 0.05) is 6.08 Å². The molecule has 0 N–H and O–H groups in total. The third-order valence-corrected chi connectivity index (χ3v) is 2.02. The van der Waals surface area contributed by atoms with Crippen LogP contribution in [0.2, 0.25) is 0 Å².